The summed E-state index contributed by atoms with van der Waals surface area (Å²) < 4.78 is 14.1. The van der Waals surface area contributed by atoms with Gasteiger partial charge in [-0.25, -0.2) is 4.39 Å². The molecule has 9 heteroatoms. The zero-order valence-electron chi connectivity index (χ0n) is 18.7. The SMILES string of the molecule is CCN1CCN(c2ccc(F)cc2C(C)NC(=O)CC2Sc3ccc(Cl)cc3NC2=O)CC1. The predicted octanol–water partition coefficient (Wildman–Crippen LogP) is 4.30. The van der Waals surface area contributed by atoms with Gasteiger partial charge in [-0.15, -0.1) is 11.8 Å². The molecule has 0 bridgehead atoms. The van der Waals surface area contributed by atoms with Crippen LogP contribution in [0.15, 0.2) is 41.3 Å². The van der Waals surface area contributed by atoms with Crippen LogP contribution in [0.1, 0.15) is 31.9 Å². The minimum absolute atomic E-state index is 0.0305. The molecule has 0 aliphatic carbocycles. The minimum atomic E-state index is -0.542. The average Bonchev–Trinajstić information content (AvgIpc) is 2.79. The van der Waals surface area contributed by atoms with Crippen molar-refractivity contribution in [2.45, 2.75) is 36.5 Å². The van der Waals surface area contributed by atoms with E-state index >= 15 is 0 Å². The number of anilines is 2. The number of likely N-dealkylation sites (N-methyl/N-ethyl adjacent to an activating group) is 1. The first kappa shape index (κ1) is 23.9. The topological polar surface area (TPSA) is 64.7 Å². The summed E-state index contributed by atoms with van der Waals surface area (Å²) in [5.41, 5.74) is 2.35. The summed E-state index contributed by atoms with van der Waals surface area (Å²) in [6.45, 7) is 8.63. The number of fused-ring (bicyclic) bond motifs is 1. The number of nitrogens with one attached hydrogen (secondary N) is 2. The van der Waals surface area contributed by atoms with Crippen LogP contribution in [0.4, 0.5) is 15.8 Å². The number of carbonyl (C=O) groups is 2. The Balaban J connectivity index is 1.42. The maximum atomic E-state index is 14.1. The number of nitrogens with zero attached hydrogens (tertiary/aromatic N) is 2. The van der Waals surface area contributed by atoms with Gasteiger partial charge in [0.1, 0.15) is 5.82 Å². The molecule has 2 unspecified atom stereocenters. The molecule has 6 nitrogen and oxygen atoms in total. The van der Waals surface area contributed by atoms with Crippen LogP contribution in [0.2, 0.25) is 5.02 Å². The fourth-order valence-corrected chi connectivity index (χ4v) is 5.53. The van der Waals surface area contributed by atoms with E-state index in [0.29, 0.717) is 10.7 Å². The van der Waals surface area contributed by atoms with Crippen LogP contribution in [0, 0.1) is 5.82 Å². The molecule has 2 heterocycles. The van der Waals surface area contributed by atoms with Crippen LogP contribution in [0.25, 0.3) is 0 Å². The highest BCUT2D eigenvalue weighted by Gasteiger charge is 2.30. The number of hydrogen-bond acceptors (Lipinski definition) is 5. The normalized spacial score (nSPS) is 19.6. The molecule has 0 aromatic heterocycles. The second kappa shape index (κ2) is 10.3. The summed E-state index contributed by atoms with van der Waals surface area (Å²) in [6.07, 6.45) is 0.0305. The third-order valence-electron chi connectivity index (χ3n) is 6.13. The van der Waals surface area contributed by atoms with Crippen molar-refractivity contribution in [1.29, 1.82) is 0 Å². The molecule has 2 aliphatic heterocycles. The molecular weight excluding hydrogens is 463 g/mol. The molecule has 1 saturated heterocycles. The second-order valence-corrected chi connectivity index (χ2v) is 10.0. The standard InChI is InChI=1S/C24H28ClFN4O2S/c1-3-29-8-10-30(11-9-29)20-6-5-17(26)13-18(20)15(2)27-23(31)14-22-24(32)28-19-12-16(25)4-7-21(19)33-22/h4-7,12-13,15,22H,3,8-11,14H2,1-2H3,(H,27,31)(H,28,32). The Bertz CT molecular complexity index is 1050. The molecule has 33 heavy (non-hydrogen) atoms. The van der Waals surface area contributed by atoms with Gasteiger partial charge in [-0.2, -0.15) is 0 Å². The summed E-state index contributed by atoms with van der Waals surface area (Å²) >= 11 is 7.35. The Morgan fingerprint density at radius 2 is 2.00 bits per heavy atom. The molecule has 0 radical (unpaired) electrons. The number of carbonyl (C=O) groups excluding carboxylic acids is 2. The lowest BCUT2D eigenvalue weighted by atomic mass is 10.0. The first-order valence-corrected chi connectivity index (χ1v) is 12.4. The van der Waals surface area contributed by atoms with E-state index in [4.69, 9.17) is 11.6 Å². The number of benzene rings is 2. The summed E-state index contributed by atoms with van der Waals surface area (Å²) in [5, 5.41) is 5.79. The van der Waals surface area contributed by atoms with Gasteiger partial charge in [-0.05, 0) is 49.9 Å². The van der Waals surface area contributed by atoms with E-state index in [-0.39, 0.29) is 24.1 Å². The lowest BCUT2D eigenvalue weighted by molar-refractivity contribution is -0.124. The number of halogens is 2. The number of amides is 2. The molecule has 2 amide bonds. The molecule has 2 aromatic carbocycles. The molecule has 2 aromatic rings. The van der Waals surface area contributed by atoms with Crippen molar-refractivity contribution >= 4 is 46.6 Å². The highest BCUT2D eigenvalue weighted by molar-refractivity contribution is 8.01. The molecule has 4 rings (SSSR count). The van der Waals surface area contributed by atoms with Crippen molar-refractivity contribution < 1.29 is 14.0 Å². The van der Waals surface area contributed by atoms with Gasteiger partial charge in [0.2, 0.25) is 11.8 Å². The Hall–Kier alpha value is -2.29. The highest BCUT2D eigenvalue weighted by atomic mass is 35.5. The van der Waals surface area contributed by atoms with Gasteiger partial charge in [0, 0.05) is 53.8 Å². The maximum Gasteiger partial charge on any atom is 0.238 e. The van der Waals surface area contributed by atoms with Crippen LogP contribution < -0.4 is 15.5 Å². The molecule has 0 saturated carbocycles. The van der Waals surface area contributed by atoms with Crippen molar-refractivity contribution in [2.75, 3.05) is 42.9 Å². The van der Waals surface area contributed by atoms with E-state index in [9.17, 15) is 14.0 Å². The van der Waals surface area contributed by atoms with Gasteiger partial charge >= 0.3 is 0 Å². The summed E-state index contributed by atoms with van der Waals surface area (Å²) in [7, 11) is 0. The molecular formula is C24H28ClFN4O2S. The van der Waals surface area contributed by atoms with Gasteiger partial charge in [-0.1, -0.05) is 18.5 Å². The zero-order chi connectivity index (χ0) is 23.5. The van der Waals surface area contributed by atoms with Crippen molar-refractivity contribution in [3.8, 4) is 0 Å². The van der Waals surface area contributed by atoms with E-state index in [0.717, 1.165) is 48.9 Å². The van der Waals surface area contributed by atoms with Crippen LogP contribution in [0.3, 0.4) is 0 Å². The largest absolute Gasteiger partial charge is 0.369 e. The molecule has 2 atom stereocenters. The monoisotopic (exact) mass is 490 g/mol. The lowest BCUT2D eigenvalue weighted by Gasteiger charge is -2.37. The summed E-state index contributed by atoms with van der Waals surface area (Å²) in [5.74, 6) is -0.809. The molecule has 0 spiro atoms. The van der Waals surface area contributed by atoms with Gasteiger partial charge in [0.15, 0.2) is 0 Å². The smallest absolute Gasteiger partial charge is 0.238 e. The maximum absolute atomic E-state index is 14.1. The van der Waals surface area contributed by atoms with E-state index in [1.807, 2.05) is 13.0 Å². The first-order valence-electron chi connectivity index (χ1n) is 11.2. The Morgan fingerprint density at radius 1 is 1.24 bits per heavy atom. The van der Waals surface area contributed by atoms with Crippen LogP contribution in [-0.4, -0.2) is 54.7 Å². The Kier molecular flexibility index (Phi) is 7.46. The van der Waals surface area contributed by atoms with Crippen LogP contribution >= 0.6 is 23.4 Å². The Labute approximate surface area is 202 Å². The van der Waals surface area contributed by atoms with Crippen molar-refractivity contribution in [3.63, 3.8) is 0 Å². The number of hydrogen-bond donors (Lipinski definition) is 2. The summed E-state index contributed by atoms with van der Waals surface area (Å²) in [6, 6.07) is 9.66. The number of thioether (sulfide) groups is 1. The van der Waals surface area contributed by atoms with Crippen molar-refractivity contribution in [2.24, 2.45) is 0 Å². The second-order valence-electron chi connectivity index (χ2n) is 8.35. The highest BCUT2D eigenvalue weighted by Crippen LogP contribution is 2.38. The van der Waals surface area contributed by atoms with Crippen LogP contribution in [-0.2, 0) is 9.59 Å². The van der Waals surface area contributed by atoms with E-state index in [2.05, 4.69) is 27.4 Å². The van der Waals surface area contributed by atoms with E-state index in [1.165, 1.54) is 23.9 Å². The predicted molar refractivity (Wildman–Crippen MR) is 132 cm³/mol. The molecule has 2 aliphatic rings. The van der Waals surface area contributed by atoms with E-state index < -0.39 is 11.3 Å². The Morgan fingerprint density at radius 3 is 2.73 bits per heavy atom. The van der Waals surface area contributed by atoms with Crippen molar-refractivity contribution in [1.82, 2.24) is 10.2 Å². The number of piperazine rings is 1. The third-order valence-corrected chi connectivity index (χ3v) is 7.64. The van der Waals surface area contributed by atoms with Gasteiger partial charge < -0.3 is 20.4 Å². The van der Waals surface area contributed by atoms with Crippen molar-refractivity contribution in [3.05, 3.63) is 52.8 Å². The number of rotatable bonds is 6. The van der Waals surface area contributed by atoms with Gasteiger partial charge in [-0.3, -0.25) is 9.59 Å². The third kappa shape index (κ3) is 5.62. The lowest BCUT2D eigenvalue weighted by Crippen LogP contribution is -2.46. The minimum Gasteiger partial charge on any atom is -0.369 e. The molecule has 1 fully saturated rings. The average molecular weight is 491 g/mol. The molecule has 2 N–H and O–H groups in total. The fourth-order valence-electron chi connectivity index (χ4n) is 4.27. The molecule has 176 valence electrons. The fraction of sp³-hybridized carbons (Fsp3) is 0.417. The summed E-state index contributed by atoms with van der Waals surface area (Å²) in [4.78, 5) is 30.8. The quantitative estimate of drug-likeness (QED) is 0.632. The zero-order valence-corrected chi connectivity index (χ0v) is 20.3. The van der Waals surface area contributed by atoms with E-state index in [1.54, 1.807) is 18.2 Å². The van der Waals surface area contributed by atoms with Gasteiger partial charge in [0.05, 0.1) is 17.0 Å². The van der Waals surface area contributed by atoms with Gasteiger partial charge in [0.25, 0.3) is 0 Å². The van der Waals surface area contributed by atoms with Crippen LogP contribution in [0.5, 0.6) is 0 Å². The first-order chi connectivity index (χ1) is 15.8.